The number of nitrogens with one attached hydrogen (secondary N) is 2. The van der Waals surface area contributed by atoms with Gasteiger partial charge < -0.3 is 10.6 Å². The zero-order valence-corrected chi connectivity index (χ0v) is 19.9. The fourth-order valence-corrected chi connectivity index (χ4v) is 3.59. The van der Waals surface area contributed by atoms with Crippen molar-refractivity contribution in [2.75, 3.05) is 18.9 Å². The number of aryl methyl sites for hydroxylation is 1. The van der Waals surface area contributed by atoms with Crippen molar-refractivity contribution in [3.8, 4) is 11.3 Å². The van der Waals surface area contributed by atoms with Crippen molar-refractivity contribution in [2.24, 2.45) is 0 Å². The number of fused-ring (bicyclic) bond motifs is 1. The highest BCUT2D eigenvalue weighted by molar-refractivity contribution is 7.59. The van der Waals surface area contributed by atoms with Crippen LogP contribution in [0.5, 0.6) is 0 Å². The van der Waals surface area contributed by atoms with Crippen molar-refractivity contribution in [1.29, 1.82) is 0 Å². The van der Waals surface area contributed by atoms with E-state index >= 15 is 0 Å². The van der Waals surface area contributed by atoms with Gasteiger partial charge in [0.1, 0.15) is 12.1 Å². The molecule has 2 N–H and O–H groups in total. The molecule has 0 spiro atoms. The molecule has 0 radical (unpaired) electrons. The number of halogens is 2. The zero-order valence-electron chi connectivity index (χ0n) is 18.9. The third-order valence-corrected chi connectivity index (χ3v) is 5.40. The number of hydrogen-bond donors (Lipinski definition) is 2. The molecule has 0 unspecified atom stereocenters. The number of pyridine rings is 2. The summed E-state index contributed by atoms with van der Waals surface area (Å²) in [5.74, 6) is -2.32. The van der Waals surface area contributed by atoms with E-state index in [1.165, 1.54) is 25.6 Å². The summed E-state index contributed by atoms with van der Waals surface area (Å²) < 4.78 is 29.1. The molecule has 0 aliphatic rings. The minimum Gasteiger partial charge on any atom is -0.369 e. The van der Waals surface area contributed by atoms with Gasteiger partial charge in [0.05, 0.1) is 22.2 Å². The second kappa shape index (κ2) is 10.5. The smallest absolute Gasteiger partial charge is 0.251 e. The van der Waals surface area contributed by atoms with E-state index in [1.54, 1.807) is 12.3 Å². The van der Waals surface area contributed by atoms with Crippen LogP contribution in [0.25, 0.3) is 22.2 Å². The molecule has 34 heavy (non-hydrogen) atoms. The second-order valence-electron chi connectivity index (χ2n) is 7.68. The monoisotopic (exact) mass is 482 g/mol. The standard InChI is InChI=1S/C24H22F2N6O.H2S/c1-13(10-30-20-9-19(31-12-32-20)15-5-4-14(2)29-11-15)17-8-18(25)22(26)21-16(24(33)27-3)6-7-28-23(17)21;/h4-9,11-13H,10H2,1-3H3,(H,27,33)(H,30,31,32);1H2/t13-;/m1./s1. The predicted molar refractivity (Wildman–Crippen MR) is 132 cm³/mol. The quantitative estimate of drug-likeness (QED) is 0.424. The molecule has 1 amide bonds. The van der Waals surface area contributed by atoms with E-state index in [0.29, 0.717) is 23.6 Å². The van der Waals surface area contributed by atoms with Crippen molar-refractivity contribution in [2.45, 2.75) is 19.8 Å². The molecular weight excluding hydrogens is 458 g/mol. The minimum atomic E-state index is -1.09. The normalized spacial score (nSPS) is 11.6. The first-order valence-electron chi connectivity index (χ1n) is 10.4. The van der Waals surface area contributed by atoms with Gasteiger partial charge in [-0.2, -0.15) is 13.5 Å². The lowest BCUT2D eigenvalue weighted by molar-refractivity contribution is 0.0964. The lowest BCUT2D eigenvalue weighted by Crippen LogP contribution is -2.19. The van der Waals surface area contributed by atoms with Crippen LogP contribution in [0.1, 0.15) is 34.5 Å². The fraction of sp³-hybridized carbons (Fsp3) is 0.208. The van der Waals surface area contributed by atoms with Crippen molar-refractivity contribution in [3.63, 3.8) is 0 Å². The van der Waals surface area contributed by atoms with Crippen molar-refractivity contribution >= 4 is 36.1 Å². The van der Waals surface area contributed by atoms with E-state index in [0.717, 1.165) is 17.3 Å². The second-order valence-corrected chi connectivity index (χ2v) is 7.68. The van der Waals surface area contributed by atoms with Crippen LogP contribution < -0.4 is 10.6 Å². The molecule has 3 heterocycles. The molecule has 0 saturated carbocycles. The fourth-order valence-electron chi connectivity index (χ4n) is 3.59. The Morgan fingerprint density at radius 2 is 1.88 bits per heavy atom. The molecule has 0 saturated heterocycles. The first-order chi connectivity index (χ1) is 15.9. The van der Waals surface area contributed by atoms with E-state index in [-0.39, 0.29) is 35.9 Å². The highest BCUT2D eigenvalue weighted by atomic mass is 32.1. The topological polar surface area (TPSA) is 92.7 Å². The third-order valence-electron chi connectivity index (χ3n) is 5.40. The van der Waals surface area contributed by atoms with E-state index in [2.05, 4.69) is 30.6 Å². The summed E-state index contributed by atoms with van der Waals surface area (Å²) in [6.07, 6.45) is 4.61. The highest BCUT2D eigenvalue weighted by Gasteiger charge is 2.22. The summed E-state index contributed by atoms with van der Waals surface area (Å²) >= 11 is 0. The highest BCUT2D eigenvalue weighted by Crippen LogP contribution is 2.31. The maximum Gasteiger partial charge on any atom is 0.251 e. The molecule has 0 fully saturated rings. The summed E-state index contributed by atoms with van der Waals surface area (Å²) in [5, 5.41) is 5.54. The minimum absolute atomic E-state index is 0. The van der Waals surface area contributed by atoms with E-state index in [1.807, 2.05) is 26.0 Å². The molecule has 4 aromatic rings. The Morgan fingerprint density at radius 3 is 2.59 bits per heavy atom. The van der Waals surface area contributed by atoms with Crippen molar-refractivity contribution in [1.82, 2.24) is 25.3 Å². The number of benzene rings is 1. The Bertz CT molecular complexity index is 1330. The van der Waals surface area contributed by atoms with Gasteiger partial charge in [0.15, 0.2) is 11.6 Å². The van der Waals surface area contributed by atoms with Crippen LogP contribution in [0, 0.1) is 18.6 Å². The molecule has 7 nitrogen and oxygen atoms in total. The number of rotatable bonds is 6. The Hall–Kier alpha value is -3.66. The van der Waals surface area contributed by atoms with Gasteiger partial charge in [-0.3, -0.25) is 14.8 Å². The Morgan fingerprint density at radius 1 is 1.09 bits per heavy atom. The zero-order chi connectivity index (χ0) is 23.5. The summed E-state index contributed by atoms with van der Waals surface area (Å²) in [4.78, 5) is 29.3. The lowest BCUT2D eigenvalue weighted by atomic mass is 9.95. The molecule has 10 heteroatoms. The van der Waals surface area contributed by atoms with Gasteiger partial charge in [-0.05, 0) is 36.8 Å². The number of carbonyl (C=O) groups excluding carboxylic acids is 1. The maximum atomic E-state index is 14.6. The third kappa shape index (κ3) is 4.96. The van der Waals surface area contributed by atoms with E-state index in [4.69, 9.17) is 0 Å². The Labute approximate surface area is 202 Å². The van der Waals surface area contributed by atoms with Crippen LogP contribution in [0.2, 0.25) is 0 Å². The van der Waals surface area contributed by atoms with Crippen LogP contribution in [0.4, 0.5) is 14.6 Å². The van der Waals surface area contributed by atoms with Gasteiger partial charge in [-0.15, -0.1) is 0 Å². The molecular formula is C24H24F2N6OS. The van der Waals surface area contributed by atoms with E-state index in [9.17, 15) is 13.6 Å². The molecule has 0 aliphatic carbocycles. The van der Waals surface area contributed by atoms with Gasteiger partial charge >= 0.3 is 0 Å². The molecule has 4 rings (SSSR count). The van der Waals surface area contributed by atoms with Gasteiger partial charge in [0, 0.05) is 49.2 Å². The van der Waals surface area contributed by atoms with Gasteiger partial charge in [-0.25, -0.2) is 18.7 Å². The number of hydrogen-bond acceptors (Lipinski definition) is 6. The van der Waals surface area contributed by atoms with Crippen LogP contribution >= 0.6 is 13.5 Å². The summed E-state index contributed by atoms with van der Waals surface area (Å²) in [6, 6.07) is 8.14. The largest absolute Gasteiger partial charge is 0.369 e. The van der Waals surface area contributed by atoms with Gasteiger partial charge in [0.2, 0.25) is 0 Å². The first-order valence-corrected chi connectivity index (χ1v) is 10.4. The van der Waals surface area contributed by atoms with Crippen LogP contribution in [-0.2, 0) is 0 Å². The molecule has 1 aromatic carbocycles. The molecule has 176 valence electrons. The molecule has 0 aliphatic heterocycles. The Kier molecular flexibility index (Phi) is 7.72. The number of anilines is 1. The predicted octanol–water partition coefficient (Wildman–Crippen LogP) is 4.36. The van der Waals surface area contributed by atoms with Gasteiger partial charge in [-0.1, -0.05) is 6.92 Å². The lowest BCUT2D eigenvalue weighted by Gasteiger charge is -2.17. The summed E-state index contributed by atoms with van der Waals surface area (Å²) in [7, 11) is 1.43. The average Bonchev–Trinajstić information content (AvgIpc) is 2.84. The number of aromatic nitrogens is 4. The molecule has 0 bridgehead atoms. The van der Waals surface area contributed by atoms with E-state index < -0.39 is 17.5 Å². The summed E-state index contributed by atoms with van der Waals surface area (Å²) in [6.45, 7) is 4.14. The first kappa shape index (κ1) is 25.0. The van der Waals surface area contributed by atoms with Crippen LogP contribution in [-0.4, -0.2) is 39.4 Å². The molecule has 3 aromatic heterocycles. The van der Waals surface area contributed by atoms with Crippen molar-refractivity contribution < 1.29 is 13.6 Å². The number of nitrogens with zero attached hydrogens (tertiary/aromatic N) is 4. The SMILES string of the molecule is CNC(=O)c1ccnc2c([C@H](C)CNc3cc(-c4ccc(C)nc4)ncn3)cc(F)c(F)c12.S. The van der Waals surface area contributed by atoms with Gasteiger partial charge in [0.25, 0.3) is 5.91 Å². The number of amides is 1. The Balaban J connectivity index is 0.00000324. The number of carbonyl (C=O) groups is 1. The summed E-state index contributed by atoms with van der Waals surface area (Å²) in [5.41, 5.74) is 3.25. The maximum absolute atomic E-state index is 14.6. The molecule has 1 atom stereocenters. The van der Waals surface area contributed by atoms with Crippen LogP contribution in [0.15, 0.2) is 49.1 Å². The van der Waals surface area contributed by atoms with Crippen molar-refractivity contribution in [3.05, 3.63) is 77.5 Å². The van der Waals surface area contributed by atoms with Crippen LogP contribution in [0.3, 0.4) is 0 Å². The average molecular weight is 483 g/mol.